The lowest BCUT2D eigenvalue weighted by molar-refractivity contribution is -0.0999. The Labute approximate surface area is 138 Å². The monoisotopic (exact) mass is 335 g/mol. The molecule has 1 aromatic carbocycles. The number of aliphatic hydroxyl groups is 5. The molecule has 0 spiro atoms. The van der Waals surface area contributed by atoms with Crippen LogP contribution in [0.2, 0.25) is 0 Å². The minimum Gasteiger partial charge on any atom is -0.394 e. The fourth-order valence-electron chi connectivity index (χ4n) is 2.21. The molecule has 0 aliphatic heterocycles. The zero-order valence-electron chi connectivity index (χ0n) is 13.1. The Morgan fingerprint density at radius 1 is 1.17 bits per heavy atom. The molecular formula is C16H21N3O5. The van der Waals surface area contributed by atoms with Gasteiger partial charge < -0.3 is 25.5 Å². The smallest absolute Gasteiger partial charge is 0.147 e. The first-order valence-electron chi connectivity index (χ1n) is 7.42. The van der Waals surface area contributed by atoms with Crippen molar-refractivity contribution in [1.82, 2.24) is 4.98 Å². The molecule has 0 saturated heterocycles. The predicted molar refractivity (Wildman–Crippen MR) is 89.7 cm³/mol. The first kappa shape index (κ1) is 18.2. The van der Waals surface area contributed by atoms with Crippen LogP contribution in [0.5, 0.6) is 0 Å². The number of nitrogens with zero attached hydrogens (tertiary/aromatic N) is 2. The van der Waals surface area contributed by atoms with Crippen LogP contribution in [0, 0.1) is 6.92 Å². The number of aliphatic hydroxyl groups excluding tert-OH is 5. The molecule has 0 amide bonds. The highest BCUT2D eigenvalue weighted by Gasteiger charge is 2.29. The van der Waals surface area contributed by atoms with Crippen molar-refractivity contribution in [1.29, 1.82) is 0 Å². The highest BCUT2D eigenvalue weighted by atomic mass is 16.4. The summed E-state index contributed by atoms with van der Waals surface area (Å²) in [5.41, 5.74) is 4.43. The number of nitrogens with one attached hydrogen (secondary N) is 1. The first-order chi connectivity index (χ1) is 11.4. The number of fused-ring (bicyclic) bond motifs is 1. The number of benzene rings is 1. The van der Waals surface area contributed by atoms with E-state index in [2.05, 4.69) is 15.5 Å². The zero-order chi connectivity index (χ0) is 17.7. The molecule has 1 aromatic heterocycles. The molecule has 2 aromatic rings. The molecule has 0 saturated carbocycles. The van der Waals surface area contributed by atoms with Crippen LogP contribution < -0.4 is 5.43 Å². The Morgan fingerprint density at radius 2 is 1.88 bits per heavy atom. The summed E-state index contributed by atoms with van der Waals surface area (Å²) in [4.78, 5) is 4.36. The van der Waals surface area contributed by atoms with Gasteiger partial charge in [-0.25, -0.2) is 4.98 Å². The summed E-state index contributed by atoms with van der Waals surface area (Å²) in [6, 6.07) is 9.40. The number of hydrogen-bond acceptors (Lipinski definition) is 8. The summed E-state index contributed by atoms with van der Waals surface area (Å²) in [5.74, 6) is 0.458. The van der Waals surface area contributed by atoms with Gasteiger partial charge in [-0.3, -0.25) is 5.43 Å². The summed E-state index contributed by atoms with van der Waals surface area (Å²) in [6.45, 7) is 1.20. The van der Waals surface area contributed by atoms with Gasteiger partial charge in [0.25, 0.3) is 0 Å². The first-order valence-corrected chi connectivity index (χ1v) is 7.42. The van der Waals surface area contributed by atoms with Crippen LogP contribution in [-0.4, -0.2) is 67.8 Å². The van der Waals surface area contributed by atoms with Gasteiger partial charge in [0.1, 0.15) is 30.2 Å². The van der Waals surface area contributed by atoms with E-state index >= 15 is 0 Å². The topological polar surface area (TPSA) is 138 Å². The number of aryl methyl sites for hydroxylation is 1. The highest BCUT2D eigenvalue weighted by Crippen LogP contribution is 2.19. The summed E-state index contributed by atoms with van der Waals surface area (Å²) in [5, 5.41) is 51.7. The molecule has 0 radical (unpaired) electrons. The maximum Gasteiger partial charge on any atom is 0.147 e. The summed E-state index contributed by atoms with van der Waals surface area (Å²) in [6.07, 6.45) is -5.50. The zero-order valence-corrected chi connectivity index (χ0v) is 13.1. The maximum absolute atomic E-state index is 9.72. The molecule has 2 rings (SSSR count). The Bertz CT molecular complexity index is 709. The van der Waals surface area contributed by atoms with Gasteiger partial charge in [0, 0.05) is 5.39 Å². The molecule has 4 unspecified atom stereocenters. The molecule has 6 N–H and O–H groups in total. The highest BCUT2D eigenvalue weighted by molar-refractivity contribution is 5.83. The van der Waals surface area contributed by atoms with E-state index < -0.39 is 31.0 Å². The molecule has 8 nitrogen and oxygen atoms in total. The molecule has 130 valence electrons. The van der Waals surface area contributed by atoms with E-state index in [1.54, 1.807) is 6.07 Å². The normalized spacial score (nSPS) is 16.9. The lowest BCUT2D eigenvalue weighted by atomic mass is 10.0. The predicted octanol–water partition coefficient (Wildman–Crippen LogP) is -0.623. The molecule has 1 heterocycles. The Balaban J connectivity index is 2.03. The second kappa shape index (κ2) is 8.13. The van der Waals surface area contributed by atoms with Crippen LogP contribution in [0.15, 0.2) is 35.4 Å². The van der Waals surface area contributed by atoms with Crippen molar-refractivity contribution in [3.05, 3.63) is 35.9 Å². The van der Waals surface area contributed by atoms with Crippen LogP contribution in [0.4, 0.5) is 5.82 Å². The van der Waals surface area contributed by atoms with Crippen LogP contribution in [0.3, 0.4) is 0 Å². The number of hydrazone groups is 1. The molecule has 24 heavy (non-hydrogen) atoms. The van der Waals surface area contributed by atoms with E-state index in [0.717, 1.165) is 22.7 Å². The van der Waals surface area contributed by atoms with Gasteiger partial charge in [0.05, 0.1) is 18.3 Å². The molecule has 0 bridgehead atoms. The third kappa shape index (κ3) is 4.25. The minimum absolute atomic E-state index is 0.458. The maximum atomic E-state index is 9.72. The van der Waals surface area contributed by atoms with E-state index in [1.807, 2.05) is 31.2 Å². The Morgan fingerprint density at radius 3 is 2.58 bits per heavy atom. The largest absolute Gasteiger partial charge is 0.394 e. The van der Waals surface area contributed by atoms with Crippen molar-refractivity contribution in [2.24, 2.45) is 5.10 Å². The van der Waals surface area contributed by atoms with E-state index in [4.69, 9.17) is 5.11 Å². The number of para-hydroxylation sites is 1. The van der Waals surface area contributed by atoms with Crippen molar-refractivity contribution in [2.75, 3.05) is 12.0 Å². The van der Waals surface area contributed by atoms with Crippen molar-refractivity contribution < 1.29 is 25.5 Å². The molecular weight excluding hydrogens is 314 g/mol. The van der Waals surface area contributed by atoms with E-state index in [9.17, 15) is 20.4 Å². The van der Waals surface area contributed by atoms with Gasteiger partial charge >= 0.3 is 0 Å². The standard InChI is InChI=1S/C16H21N3O5/c1-9-6-14(18-11-5-3-2-4-10(9)11)19-17-7-12(21)15(23)16(24)13(22)8-20/h2-7,12-13,15-16,20-24H,8H2,1H3,(H,18,19). The van der Waals surface area contributed by atoms with Crippen molar-refractivity contribution in [2.45, 2.75) is 31.3 Å². The van der Waals surface area contributed by atoms with Gasteiger partial charge in [-0.15, -0.1) is 0 Å². The van der Waals surface area contributed by atoms with Crippen molar-refractivity contribution in [3.63, 3.8) is 0 Å². The second-order valence-corrected chi connectivity index (χ2v) is 5.45. The fourth-order valence-corrected chi connectivity index (χ4v) is 2.21. The SMILES string of the molecule is Cc1cc(NN=CC(O)C(O)C(O)C(O)CO)nc2ccccc12. The average Bonchev–Trinajstić information content (AvgIpc) is 2.59. The van der Waals surface area contributed by atoms with Gasteiger partial charge in [0.2, 0.25) is 0 Å². The van der Waals surface area contributed by atoms with Crippen LogP contribution in [0.1, 0.15) is 5.56 Å². The average molecular weight is 335 g/mol. The van der Waals surface area contributed by atoms with Crippen molar-refractivity contribution >= 4 is 22.9 Å². The minimum atomic E-state index is -1.70. The summed E-state index contributed by atoms with van der Waals surface area (Å²) < 4.78 is 0. The Kier molecular flexibility index (Phi) is 6.18. The number of pyridine rings is 1. The van der Waals surface area contributed by atoms with Gasteiger partial charge in [-0.2, -0.15) is 5.10 Å². The van der Waals surface area contributed by atoms with Crippen LogP contribution in [0.25, 0.3) is 10.9 Å². The van der Waals surface area contributed by atoms with Crippen LogP contribution in [-0.2, 0) is 0 Å². The van der Waals surface area contributed by atoms with E-state index in [0.29, 0.717) is 5.82 Å². The lowest BCUT2D eigenvalue weighted by Crippen LogP contribution is -2.46. The number of rotatable bonds is 7. The number of aromatic nitrogens is 1. The van der Waals surface area contributed by atoms with Crippen molar-refractivity contribution in [3.8, 4) is 0 Å². The molecule has 8 heteroatoms. The molecule has 0 fully saturated rings. The number of hydrogen-bond donors (Lipinski definition) is 6. The third-order valence-corrected chi connectivity index (χ3v) is 3.61. The molecule has 0 aliphatic rings. The van der Waals surface area contributed by atoms with Gasteiger partial charge in [-0.05, 0) is 24.6 Å². The number of anilines is 1. The third-order valence-electron chi connectivity index (χ3n) is 3.61. The lowest BCUT2D eigenvalue weighted by Gasteiger charge is -2.23. The van der Waals surface area contributed by atoms with E-state index in [1.165, 1.54) is 0 Å². The molecule has 0 aliphatic carbocycles. The summed E-state index contributed by atoms with van der Waals surface area (Å²) in [7, 11) is 0. The quantitative estimate of drug-likeness (QED) is 0.293. The van der Waals surface area contributed by atoms with Gasteiger partial charge in [-0.1, -0.05) is 18.2 Å². The van der Waals surface area contributed by atoms with Crippen LogP contribution >= 0.6 is 0 Å². The fraction of sp³-hybridized carbons (Fsp3) is 0.375. The summed E-state index contributed by atoms with van der Waals surface area (Å²) >= 11 is 0. The molecule has 4 atom stereocenters. The van der Waals surface area contributed by atoms with E-state index in [-0.39, 0.29) is 0 Å². The van der Waals surface area contributed by atoms with Gasteiger partial charge in [0.15, 0.2) is 0 Å². The Hall–Kier alpha value is -2.10. The second-order valence-electron chi connectivity index (χ2n) is 5.45.